The number of methoxy groups -OCH3 is 1. The molecule has 0 aliphatic heterocycles. The van der Waals surface area contributed by atoms with Crippen molar-refractivity contribution in [1.29, 1.82) is 0 Å². The summed E-state index contributed by atoms with van der Waals surface area (Å²) in [4.78, 5) is 16.3. The molecule has 0 bridgehead atoms. The van der Waals surface area contributed by atoms with Crippen LogP contribution in [0.5, 0.6) is 5.75 Å². The predicted octanol–water partition coefficient (Wildman–Crippen LogP) is 3.38. The number of nitrogens with one attached hydrogen (secondary N) is 2. The molecule has 0 radical (unpaired) electrons. The maximum absolute atomic E-state index is 12.0. The normalized spacial score (nSPS) is 10.3. The number of amides is 2. The van der Waals surface area contributed by atoms with Gasteiger partial charge in [-0.15, -0.1) is 0 Å². The fourth-order valence-electron chi connectivity index (χ4n) is 2.33. The molecule has 0 spiro atoms. The van der Waals surface area contributed by atoms with Crippen LogP contribution in [0.15, 0.2) is 53.1 Å². The quantitative estimate of drug-likeness (QED) is 0.744. The third-order valence-corrected chi connectivity index (χ3v) is 3.61. The third-order valence-electron chi connectivity index (χ3n) is 3.61. The van der Waals surface area contributed by atoms with Crippen LogP contribution in [0.25, 0.3) is 11.4 Å². The van der Waals surface area contributed by atoms with Gasteiger partial charge in [-0.2, -0.15) is 4.98 Å². The van der Waals surface area contributed by atoms with Crippen LogP contribution in [0, 0.1) is 6.92 Å². The first-order valence-corrected chi connectivity index (χ1v) is 7.74. The molecule has 1 aromatic heterocycles. The SMILES string of the molecule is COc1ccccc1NC(=O)NCc1nc(-c2ccccc2C)no1. The van der Waals surface area contributed by atoms with Crippen molar-refractivity contribution >= 4 is 11.7 Å². The summed E-state index contributed by atoms with van der Waals surface area (Å²) in [6.45, 7) is 2.10. The summed E-state index contributed by atoms with van der Waals surface area (Å²) in [7, 11) is 1.55. The molecular weight excluding hydrogens is 320 g/mol. The smallest absolute Gasteiger partial charge is 0.319 e. The molecule has 0 fully saturated rings. The predicted molar refractivity (Wildman–Crippen MR) is 93.3 cm³/mol. The molecule has 2 N–H and O–H groups in total. The van der Waals surface area contributed by atoms with E-state index in [1.54, 1.807) is 19.2 Å². The molecular formula is C18H18N4O3. The molecule has 0 saturated heterocycles. The Bertz CT molecular complexity index is 876. The van der Waals surface area contributed by atoms with Crippen LogP contribution in [0.4, 0.5) is 10.5 Å². The topological polar surface area (TPSA) is 89.3 Å². The van der Waals surface area contributed by atoms with Crippen molar-refractivity contribution in [3.63, 3.8) is 0 Å². The van der Waals surface area contributed by atoms with Crippen LogP contribution >= 0.6 is 0 Å². The van der Waals surface area contributed by atoms with Gasteiger partial charge >= 0.3 is 6.03 Å². The first-order chi connectivity index (χ1) is 12.2. The highest BCUT2D eigenvalue weighted by Gasteiger charge is 2.12. The average Bonchev–Trinajstić information content (AvgIpc) is 3.09. The molecule has 3 rings (SSSR count). The summed E-state index contributed by atoms with van der Waals surface area (Å²) < 4.78 is 10.4. The molecule has 128 valence electrons. The van der Waals surface area contributed by atoms with E-state index in [0.29, 0.717) is 23.2 Å². The Morgan fingerprint density at radius 2 is 1.92 bits per heavy atom. The second-order valence-corrected chi connectivity index (χ2v) is 5.33. The van der Waals surface area contributed by atoms with Crippen LogP contribution in [0.1, 0.15) is 11.5 Å². The van der Waals surface area contributed by atoms with E-state index in [4.69, 9.17) is 9.26 Å². The highest BCUT2D eigenvalue weighted by molar-refractivity contribution is 5.90. The number of benzene rings is 2. The lowest BCUT2D eigenvalue weighted by molar-refractivity contribution is 0.249. The third kappa shape index (κ3) is 3.95. The Labute approximate surface area is 145 Å². The van der Waals surface area contributed by atoms with Crippen molar-refractivity contribution in [2.75, 3.05) is 12.4 Å². The number of rotatable bonds is 5. The van der Waals surface area contributed by atoms with Gasteiger partial charge in [0.2, 0.25) is 11.7 Å². The summed E-state index contributed by atoms with van der Waals surface area (Å²) in [5, 5.41) is 9.35. The minimum absolute atomic E-state index is 0.125. The minimum Gasteiger partial charge on any atom is -0.495 e. The number of urea groups is 1. The van der Waals surface area contributed by atoms with Crippen molar-refractivity contribution in [1.82, 2.24) is 15.5 Å². The number of nitrogens with zero attached hydrogens (tertiary/aromatic N) is 2. The molecule has 0 aliphatic rings. The zero-order valence-corrected chi connectivity index (χ0v) is 13.9. The molecule has 0 unspecified atom stereocenters. The average molecular weight is 338 g/mol. The van der Waals surface area contributed by atoms with Crippen molar-refractivity contribution < 1.29 is 14.1 Å². The standard InChI is InChI=1S/C18H18N4O3/c1-12-7-3-4-8-13(12)17-21-16(25-22-17)11-19-18(23)20-14-9-5-6-10-15(14)24-2/h3-10H,11H2,1-2H3,(H2,19,20,23). The molecule has 7 heteroatoms. The summed E-state index contributed by atoms with van der Waals surface area (Å²) in [5.41, 5.74) is 2.53. The highest BCUT2D eigenvalue weighted by atomic mass is 16.5. The Kier molecular flexibility index (Phi) is 4.94. The molecule has 0 saturated carbocycles. The number of carbonyl (C=O) groups excluding carboxylic acids is 1. The van der Waals surface area contributed by atoms with Gasteiger partial charge in [-0.1, -0.05) is 41.6 Å². The lowest BCUT2D eigenvalue weighted by Gasteiger charge is -2.09. The zero-order chi connectivity index (χ0) is 17.6. The first-order valence-electron chi connectivity index (χ1n) is 7.74. The molecule has 7 nitrogen and oxygen atoms in total. The Balaban J connectivity index is 1.61. The van der Waals surface area contributed by atoms with Gasteiger partial charge in [0.05, 0.1) is 19.3 Å². The fraction of sp³-hybridized carbons (Fsp3) is 0.167. The van der Waals surface area contributed by atoms with Crippen molar-refractivity contribution in [2.24, 2.45) is 0 Å². The first kappa shape index (κ1) is 16.5. The van der Waals surface area contributed by atoms with Crippen LogP contribution in [0.2, 0.25) is 0 Å². The van der Waals surface area contributed by atoms with E-state index in [1.807, 2.05) is 43.3 Å². The van der Waals surface area contributed by atoms with E-state index in [9.17, 15) is 4.79 Å². The molecule has 0 atom stereocenters. The fourth-order valence-corrected chi connectivity index (χ4v) is 2.33. The lowest BCUT2D eigenvalue weighted by Crippen LogP contribution is -2.28. The number of ether oxygens (including phenoxy) is 1. The summed E-state index contributed by atoms with van der Waals surface area (Å²) in [6, 6.07) is 14.5. The van der Waals surface area contributed by atoms with Crippen LogP contribution in [-0.4, -0.2) is 23.3 Å². The molecule has 25 heavy (non-hydrogen) atoms. The van der Waals surface area contributed by atoms with Gasteiger partial charge in [-0.25, -0.2) is 4.79 Å². The number of aryl methyl sites for hydroxylation is 1. The largest absolute Gasteiger partial charge is 0.495 e. The summed E-state index contributed by atoms with van der Waals surface area (Å²) >= 11 is 0. The van der Waals surface area contributed by atoms with E-state index in [2.05, 4.69) is 20.8 Å². The Morgan fingerprint density at radius 1 is 1.16 bits per heavy atom. The van der Waals surface area contributed by atoms with E-state index >= 15 is 0 Å². The highest BCUT2D eigenvalue weighted by Crippen LogP contribution is 2.23. The molecule has 2 amide bonds. The molecule has 3 aromatic rings. The Hall–Kier alpha value is -3.35. The number of carbonyl (C=O) groups is 1. The van der Waals surface area contributed by atoms with Crippen LogP contribution in [-0.2, 0) is 6.54 Å². The molecule has 1 heterocycles. The van der Waals surface area contributed by atoms with Gasteiger partial charge in [0, 0.05) is 5.56 Å². The summed E-state index contributed by atoms with van der Waals surface area (Å²) in [5.74, 6) is 1.41. The van der Waals surface area contributed by atoms with E-state index < -0.39 is 0 Å². The maximum atomic E-state index is 12.0. The van der Waals surface area contributed by atoms with Crippen LogP contribution in [0.3, 0.4) is 0 Å². The monoisotopic (exact) mass is 338 g/mol. The van der Waals surface area contributed by atoms with Gasteiger partial charge in [0.25, 0.3) is 0 Å². The molecule has 2 aromatic carbocycles. The number of hydrogen-bond donors (Lipinski definition) is 2. The molecule has 0 aliphatic carbocycles. The number of para-hydroxylation sites is 2. The zero-order valence-electron chi connectivity index (χ0n) is 13.9. The van der Waals surface area contributed by atoms with Gasteiger partial charge < -0.3 is 19.9 Å². The lowest BCUT2D eigenvalue weighted by atomic mass is 10.1. The van der Waals surface area contributed by atoms with Gasteiger partial charge in [-0.05, 0) is 24.6 Å². The second-order valence-electron chi connectivity index (χ2n) is 5.33. The van der Waals surface area contributed by atoms with Gasteiger partial charge in [0.15, 0.2) is 0 Å². The maximum Gasteiger partial charge on any atom is 0.319 e. The van der Waals surface area contributed by atoms with Gasteiger partial charge in [0.1, 0.15) is 5.75 Å². The summed E-state index contributed by atoms with van der Waals surface area (Å²) in [6.07, 6.45) is 0. The van der Waals surface area contributed by atoms with Crippen molar-refractivity contribution in [3.05, 3.63) is 60.0 Å². The van der Waals surface area contributed by atoms with Crippen LogP contribution < -0.4 is 15.4 Å². The van der Waals surface area contributed by atoms with E-state index in [0.717, 1.165) is 11.1 Å². The van der Waals surface area contributed by atoms with E-state index in [1.165, 1.54) is 0 Å². The Morgan fingerprint density at radius 3 is 2.72 bits per heavy atom. The van der Waals surface area contributed by atoms with E-state index in [-0.39, 0.29) is 12.6 Å². The van der Waals surface area contributed by atoms with Crippen molar-refractivity contribution in [2.45, 2.75) is 13.5 Å². The number of hydrogen-bond acceptors (Lipinski definition) is 5. The second kappa shape index (κ2) is 7.48. The number of aromatic nitrogens is 2. The number of anilines is 1. The minimum atomic E-state index is -0.389. The van der Waals surface area contributed by atoms with Gasteiger partial charge in [-0.3, -0.25) is 0 Å². The van der Waals surface area contributed by atoms with Crippen molar-refractivity contribution in [3.8, 4) is 17.1 Å².